The van der Waals surface area contributed by atoms with E-state index in [-0.39, 0.29) is 11.9 Å². The fourth-order valence-electron chi connectivity index (χ4n) is 9.66. The average molecular weight is 415 g/mol. The topological polar surface area (TPSA) is 38.7 Å². The second kappa shape index (κ2) is 6.58. The molecule has 7 unspecified atom stereocenters. The Labute approximate surface area is 183 Å². The largest absolute Gasteiger partial charge is 0.393 e. The van der Waals surface area contributed by atoms with Gasteiger partial charge in [0.25, 0.3) is 0 Å². The first-order valence-corrected chi connectivity index (χ1v) is 13.0. The highest BCUT2D eigenvalue weighted by atomic mass is 16.7. The lowest BCUT2D eigenvalue weighted by molar-refractivity contribution is -0.272. The summed E-state index contributed by atoms with van der Waals surface area (Å²) in [5.41, 5.74) is 2.31. The van der Waals surface area contributed by atoms with Crippen LogP contribution in [0.25, 0.3) is 0 Å². The van der Waals surface area contributed by atoms with E-state index in [2.05, 4.69) is 33.8 Å². The van der Waals surface area contributed by atoms with Crippen molar-refractivity contribution in [2.45, 2.75) is 103 Å². The Morgan fingerprint density at radius 1 is 1.03 bits per heavy atom. The minimum Gasteiger partial charge on any atom is -0.393 e. The van der Waals surface area contributed by atoms with Crippen LogP contribution in [-0.4, -0.2) is 29.7 Å². The van der Waals surface area contributed by atoms with Crippen molar-refractivity contribution >= 4 is 0 Å². The van der Waals surface area contributed by atoms with Crippen LogP contribution in [0.2, 0.25) is 0 Å². The lowest BCUT2D eigenvalue weighted by atomic mass is 9.47. The fraction of sp³-hybridized carbons (Fsp3) is 0.926. The normalized spacial score (nSPS) is 59.8. The van der Waals surface area contributed by atoms with E-state index in [0.717, 1.165) is 43.6 Å². The molecule has 3 nitrogen and oxygen atoms in total. The number of rotatable bonds is 0. The van der Waals surface area contributed by atoms with Gasteiger partial charge in [-0.25, -0.2) is 0 Å². The predicted octanol–water partition coefficient (Wildman–Crippen LogP) is 5.71. The van der Waals surface area contributed by atoms with E-state index in [4.69, 9.17) is 9.47 Å². The highest BCUT2D eigenvalue weighted by molar-refractivity contribution is 5.26. The molecule has 3 saturated carbocycles. The van der Waals surface area contributed by atoms with Gasteiger partial charge in [0.2, 0.25) is 0 Å². The van der Waals surface area contributed by atoms with Crippen molar-refractivity contribution in [3.63, 3.8) is 0 Å². The van der Waals surface area contributed by atoms with Gasteiger partial charge in [0.05, 0.1) is 18.8 Å². The van der Waals surface area contributed by atoms with Crippen LogP contribution in [0.1, 0.15) is 85.5 Å². The Kier molecular flexibility index (Phi) is 4.44. The van der Waals surface area contributed by atoms with Crippen molar-refractivity contribution in [3.05, 3.63) is 11.6 Å². The van der Waals surface area contributed by atoms with Crippen LogP contribution in [-0.2, 0) is 9.47 Å². The van der Waals surface area contributed by atoms with Crippen molar-refractivity contribution in [2.75, 3.05) is 6.61 Å². The zero-order valence-electron chi connectivity index (χ0n) is 19.5. The molecule has 3 heteroatoms. The second-order valence-electron chi connectivity index (χ2n) is 12.7. The molecule has 5 fully saturated rings. The van der Waals surface area contributed by atoms with Gasteiger partial charge in [0, 0.05) is 12.3 Å². The molecule has 0 bridgehead atoms. The fourth-order valence-corrected chi connectivity index (χ4v) is 9.66. The maximum Gasteiger partial charge on any atom is 0.171 e. The number of fused-ring (bicyclic) bond motifs is 7. The summed E-state index contributed by atoms with van der Waals surface area (Å²) in [6.45, 7) is 10.8. The van der Waals surface area contributed by atoms with Gasteiger partial charge < -0.3 is 14.6 Å². The number of ether oxygens (including phenoxy) is 2. The van der Waals surface area contributed by atoms with Crippen molar-refractivity contribution in [1.29, 1.82) is 0 Å². The molecule has 0 amide bonds. The van der Waals surface area contributed by atoms with Crippen molar-refractivity contribution in [1.82, 2.24) is 0 Å². The van der Waals surface area contributed by atoms with Gasteiger partial charge in [-0.15, -0.1) is 0 Å². The third-order valence-electron chi connectivity index (χ3n) is 11.3. The molecule has 0 aromatic carbocycles. The van der Waals surface area contributed by atoms with Crippen molar-refractivity contribution in [2.24, 2.45) is 46.3 Å². The molecule has 1 N–H and O–H groups in total. The minimum absolute atomic E-state index is 0.107. The van der Waals surface area contributed by atoms with Crippen LogP contribution in [0.5, 0.6) is 0 Å². The van der Waals surface area contributed by atoms with Crippen LogP contribution in [0, 0.1) is 46.3 Å². The maximum atomic E-state index is 10.3. The van der Waals surface area contributed by atoms with Gasteiger partial charge >= 0.3 is 0 Å². The summed E-state index contributed by atoms with van der Waals surface area (Å²) in [5, 5.41) is 10.3. The number of aliphatic hydroxyl groups is 1. The van der Waals surface area contributed by atoms with Gasteiger partial charge in [0.15, 0.2) is 5.79 Å². The second-order valence-corrected chi connectivity index (χ2v) is 12.7. The van der Waals surface area contributed by atoms with E-state index < -0.39 is 0 Å². The quantitative estimate of drug-likeness (QED) is 0.516. The highest BCUT2D eigenvalue weighted by Crippen LogP contribution is 2.70. The third kappa shape index (κ3) is 2.55. The van der Waals surface area contributed by atoms with E-state index in [1.807, 2.05) is 0 Å². The molecule has 0 aromatic rings. The molecular weight excluding hydrogens is 372 g/mol. The van der Waals surface area contributed by atoms with Gasteiger partial charge in [-0.2, -0.15) is 0 Å². The summed E-state index contributed by atoms with van der Waals surface area (Å²) >= 11 is 0. The Morgan fingerprint density at radius 2 is 1.87 bits per heavy atom. The van der Waals surface area contributed by atoms with Crippen molar-refractivity contribution < 1.29 is 14.6 Å². The van der Waals surface area contributed by atoms with Gasteiger partial charge in [-0.1, -0.05) is 39.3 Å². The standard InChI is InChI=1S/C27H42O3/c1-16-7-12-27(29-15-16)17(2)24-23(30-27)14-22-20-6-5-18-13-19(28)8-10-25(18,3)21(20)9-11-26(22,24)4/h5,16-17,19-24,28H,6-15H2,1-4H3/t16?,17-,19?,20?,21?,22?,23?,24?,25-,26-,27+/m0/s1. The molecule has 1 spiro atoms. The maximum absolute atomic E-state index is 10.3. The first kappa shape index (κ1) is 20.2. The predicted molar refractivity (Wildman–Crippen MR) is 118 cm³/mol. The highest BCUT2D eigenvalue weighted by Gasteiger charge is 2.68. The van der Waals surface area contributed by atoms with Gasteiger partial charge in [-0.3, -0.25) is 0 Å². The van der Waals surface area contributed by atoms with Gasteiger partial charge in [-0.05, 0) is 91.8 Å². The van der Waals surface area contributed by atoms with Crippen molar-refractivity contribution in [3.8, 4) is 0 Å². The molecule has 11 atom stereocenters. The Bertz CT molecular complexity index is 736. The summed E-state index contributed by atoms with van der Waals surface area (Å²) in [5.74, 6) is 3.94. The van der Waals surface area contributed by atoms with Crippen LogP contribution in [0.15, 0.2) is 11.6 Å². The van der Waals surface area contributed by atoms with Crippen LogP contribution in [0.3, 0.4) is 0 Å². The first-order chi connectivity index (χ1) is 14.3. The molecule has 2 heterocycles. The summed E-state index contributed by atoms with van der Waals surface area (Å²) in [4.78, 5) is 0. The Hall–Kier alpha value is -0.380. The Balaban J connectivity index is 1.28. The lowest BCUT2D eigenvalue weighted by Crippen LogP contribution is -2.52. The molecular formula is C27H42O3. The molecule has 30 heavy (non-hydrogen) atoms. The monoisotopic (exact) mass is 414 g/mol. The summed E-state index contributed by atoms with van der Waals surface area (Å²) in [6.07, 6.45) is 13.5. The molecule has 0 aromatic heterocycles. The molecule has 6 aliphatic rings. The molecule has 168 valence electrons. The van der Waals surface area contributed by atoms with E-state index >= 15 is 0 Å². The number of hydrogen-bond donors (Lipinski definition) is 1. The summed E-state index contributed by atoms with van der Waals surface area (Å²) in [7, 11) is 0. The van der Waals surface area contributed by atoms with E-state index in [0.29, 0.717) is 34.7 Å². The van der Waals surface area contributed by atoms with E-state index in [1.165, 1.54) is 38.5 Å². The molecule has 6 rings (SSSR count). The lowest BCUT2D eigenvalue weighted by Gasteiger charge is -2.58. The van der Waals surface area contributed by atoms with E-state index in [9.17, 15) is 5.11 Å². The van der Waals surface area contributed by atoms with Crippen LogP contribution < -0.4 is 0 Å². The molecule has 4 aliphatic carbocycles. The Morgan fingerprint density at radius 3 is 2.63 bits per heavy atom. The summed E-state index contributed by atoms with van der Waals surface area (Å²) in [6, 6.07) is 0. The number of aliphatic hydroxyl groups excluding tert-OH is 1. The molecule has 2 aliphatic heterocycles. The van der Waals surface area contributed by atoms with E-state index in [1.54, 1.807) is 5.57 Å². The molecule has 2 saturated heterocycles. The summed E-state index contributed by atoms with van der Waals surface area (Å²) < 4.78 is 13.3. The third-order valence-corrected chi connectivity index (χ3v) is 11.3. The van der Waals surface area contributed by atoms with Crippen LogP contribution >= 0.6 is 0 Å². The van der Waals surface area contributed by atoms with Gasteiger partial charge in [0.1, 0.15) is 0 Å². The first-order valence-electron chi connectivity index (χ1n) is 13.0. The molecule has 0 radical (unpaired) electrons. The average Bonchev–Trinajstić information content (AvgIpc) is 3.16. The minimum atomic E-state index is -0.294. The number of allylic oxidation sites excluding steroid dienone is 1. The zero-order valence-corrected chi connectivity index (χ0v) is 19.5. The SMILES string of the molecule is CC1CC[C@@]2(OC1)OC1CC3C4CC=C5CC(O)CC[C@]5(C)C4CC[C@]3(C)C1[C@@H]2C. The van der Waals surface area contributed by atoms with Crippen LogP contribution in [0.4, 0.5) is 0 Å². The zero-order chi connectivity index (χ0) is 20.9. The smallest absolute Gasteiger partial charge is 0.171 e. The number of hydrogen-bond acceptors (Lipinski definition) is 3.